The lowest BCUT2D eigenvalue weighted by Crippen LogP contribution is -2.39. The summed E-state index contributed by atoms with van der Waals surface area (Å²) in [6.45, 7) is 0.401. The molecular weight excluding hydrogens is 362 g/mol. The fourth-order valence-electron chi connectivity index (χ4n) is 2.95. The smallest absolute Gasteiger partial charge is 0.256 e. The Bertz CT molecular complexity index is 743. The molecule has 1 aliphatic rings. The van der Waals surface area contributed by atoms with Crippen molar-refractivity contribution in [3.8, 4) is 0 Å². The Hall–Kier alpha value is -2.02. The molecule has 0 aromatic heterocycles. The average Bonchev–Trinajstić information content (AvgIpc) is 3.11. The van der Waals surface area contributed by atoms with E-state index in [0.29, 0.717) is 30.6 Å². The lowest BCUT2D eigenvalue weighted by molar-refractivity contribution is -0.129. The third-order valence-electron chi connectivity index (χ3n) is 4.34. The number of ether oxygens (including phenoxy) is 1. The monoisotopic (exact) mass is 382 g/mol. The first-order valence-electron chi connectivity index (χ1n) is 8.24. The van der Waals surface area contributed by atoms with Crippen LogP contribution in [0.25, 0.3) is 0 Å². The maximum atomic E-state index is 14.0. The van der Waals surface area contributed by atoms with Crippen molar-refractivity contribution in [1.29, 1.82) is 0 Å². The van der Waals surface area contributed by atoms with Crippen molar-refractivity contribution in [2.24, 2.45) is 5.73 Å². The number of hydrogen-bond donors (Lipinski definition) is 1. The molecule has 0 spiro atoms. The second kappa shape index (κ2) is 9.07. The SMILES string of the molecule is Cl.NC[C@H]1CC[C@@H](C(=O)N(Cc2ccccc2F)c2ccc(F)cc2)O1. The predicted molar refractivity (Wildman–Crippen MR) is 98.2 cm³/mol. The summed E-state index contributed by atoms with van der Waals surface area (Å²) < 4.78 is 33.0. The molecular formula is C19H21ClF2N2O2. The fraction of sp³-hybridized carbons (Fsp3) is 0.316. The molecule has 3 rings (SSSR count). The van der Waals surface area contributed by atoms with Gasteiger partial charge in [0.2, 0.25) is 0 Å². The van der Waals surface area contributed by atoms with Crippen LogP contribution in [0.2, 0.25) is 0 Å². The minimum atomic E-state index is -0.620. The van der Waals surface area contributed by atoms with Crippen LogP contribution in [0.15, 0.2) is 48.5 Å². The molecule has 0 unspecified atom stereocenters. The van der Waals surface area contributed by atoms with E-state index in [1.54, 1.807) is 18.2 Å². The molecule has 2 N–H and O–H groups in total. The number of anilines is 1. The largest absolute Gasteiger partial charge is 0.364 e. The van der Waals surface area contributed by atoms with Gasteiger partial charge in [-0.2, -0.15) is 0 Å². The highest BCUT2D eigenvalue weighted by atomic mass is 35.5. The van der Waals surface area contributed by atoms with Crippen LogP contribution in [0, 0.1) is 11.6 Å². The zero-order valence-corrected chi connectivity index (χ0v) is 14.9. The van der Waals surface area contributed by atoms with Gasteiger partial charge >= 0.3 is 0 Å². The quantitative estimate of drug-likeness (QED) is 0.862. The van der Waals surface area contributed by atoms with Crippen LogP contribution in [-0.2, 0) is 16.1 Å². The van der Waals surface area contributed by atoms with Gasteiger partial charge in [0.1, 0.15) is 17.7 Å². The Labute approximate surface area is 157 Å². The molecule has 0 radical (unpaired) electrons. The number of hydrogen-bond acceptors (Lipinski definition) is 3. The lowest BCUT2D eigenvalue weighted by atomic mass is 10.1. The summed E-state index contributed by atoms with van der Waals surface area (Å²) >= 11 is 0. The van der Waals surface area contributed by atoms with Gasteiger partial charge in [-0.1, -0.05) is 18.2 Å². The van der Waals surface area contributed by atoms with Gasteiger partial charge in [0.25, 0.3) is 5.91 Å². The highest BCUT2D eigenvalue weighted by molar-refractivity contribution is 5.96. The zero-order chi connectivity index (χ0) is 17.8. The highest BCUT2D eigenvalue weighted by Gasteiger charge is 2.33. The van der Waals surface area contributed by atoms with Crippen molar-refractivity contribution >= 4 is 24.0 Å². The highest BCUT2D eigenvalue weighted by Crippen LogP contribution is 2.26. The van der Waals surface area contributed by atoms with E-state index in [0.717, 1.165) is 0 Å². The van der Waals surface area contributed by atoms with E-state index in [-0.39, 0.29) is 31.0 Å². The van der Waals surface area contributed by atoms with Gasteiger partial charge in [0.15, 0.2) is 0 Å². The number of rotatable bonds is 5. The Morgan fingerprint density at radius 2 is 1.81 bits per heavy atom. The molecule has 140 valence electrons. The first-order valence-corrected chi connectivity index (χ1v) is 8.24. The Balaban J connectivity index is 0.00000243. The van der Waals surface area contributed by atoms with Crippen LogP contribution in [-0.4, -0.2) is 24.7 Å². The lowest BCUT2D eigenvalue weighted by Gasteiger charge is -2.26. The summed E-state index contributed by atoms with van der Waals surface area (Å²) in [5.41, 5.74) is 6.48. The van der Waals surface area contributed by atoms with Crippen molar-refractivity contribution in [2.45, 2.75) is 31.6 Å². The third-order valence-corrected chi connectivity index (χ3v) is 4.34. The Morgan fingerprint density at radius 3 is 2.42 bits per heavy atom. The molecule has 2 aromatic rings. The van der Waals surface area contributed by atoms with Crippen LogP contribution in [0.1, 0.15) is 18.4 Å². The van der Waals surface area contributed by atoms with E-state index >= 15 is 0 Å². The summed E-state index contributed by atoms with van der Waals surface area (Å²) in [6.07, 6.45) is 0.516. The number of carbonyl (C=O) groups excluding carboxylic acids is 1. The maximum Gasteiger partial charge on any atom is 0.256 e. The molecule has 0 bridgehead atoms. The van der Waals surface area contributed by atoms with Crippen LogP contribution >= 0.6 is 12.4 Å². The predicted octanol–water partition coefficient (Wildman–Crippen LogP) is 3.43. The van der Waals surface area contributed by atoms with Gasteiger partial charge in [0, 0.05) is 17.8 Å². The van der Waals surface area contributed by atoms with E-state index in [1.165, 1.54) is 35.2 Å². The van der Waals surface area contributed by atoms with E-state index in [9.17, 15) is 13.6 Å². The molecule has 0 saturated carbocycles. The van der Waals surface area contributed by atoms with E-state index < -0.39 is 17.7 Å². The van der Waals surface area contributed by atoms with Gasteiger partial charge in [-0.05, 0) is 43.2 Å². The number of carbonyl (C=O) groups is 1. The summed E-state index contributed by atoms with van der Waals surface area (Å²) in [5.74, 6) is -1.07. The summed E-state index contributed by atoms with van der Waals surface area (Å²) in [7, 11) is 0. The number of nitrogens with zero attached hydrogens (tertiary/aromatic N) is 1. The van der Waals surface area contributed by atoms with Crippen molar-refractivity contribution in [3.05, 3.63) is 65.7 Å². The van der Waals surface area contributed by atoms with E-state index in [2.05, 4.69) is 0 Å². The van der Waals surface area contributed by atoms with Crippen LogP contribution in [0.4, 0.5) is 14.5 Å². The molecule has 7 heteroatoms. The molecule has 0 aliphatic carbocycles. The molecule has 2 atom stereocenters. The minimum Gasteiger partial charge on any atom is -0.364 e. The number of benzene rings is 2. The average molecular weight is 383 g/mol. The summed E-state index contributed by atoms with van der Waals surface area (Å²) in [5, 5.41) is 0. The number of nitrogens with two attached hydrogens (primary N) is 1. The van der Waals surface area contributed by atoms with Crippen molar-refractivity contribution in [3.63, 3.8) is 0 Å². The van der Waals surface area contributed by atoms with Crippen molar-refractivity contribution in [2.75, 3.05) is 11.4 Å². The van der Waals surface area contributed by atoms with Gasteiger partial charge in [-0.3, -0.25) is 4.79 Å². The topological polar surface area (TPSA) is 55.6 Å². The number of halogens is 3. The minimum absolute atomic E-state index is 0. The normalized spacial score (nSPS) is 19.0. The van der Waals surface area contributed by atoms with Crippen LogP contribution in [0.5, 0.6) is 0 Å². The second-order valence-corrected chi connectivity index (χ2v) is 6.05. The van der Waals surface area contributed by atoms with E-state index in [1.807, 2.05) is 0 Å². The molecule has 2 aromatic carbocycles. The Kier molecular flexibility index (Phi) is 7.08. The number of amides is 1. The summed E-state index contributed by atoms with van der Waals surface area (Å²) in [6, 6.07) is 11.8. The first-order chi connectivity index (χ1) is 12.1. The van der Waals surface area contributed by atoms with Gasteiger partial charge in [-0.25, -0.2) is 8.78 Å². The first kappa shape index (κ1) is 20.3. The zero-order valence-electron chi connectivity index (χ0n) is 14.1. The van der Waals surface area contributed by atoms with Gasteiger partial charge in [-0.15, -0.1) is 12.4 Å². The molecule has 1 aliphatic heterocycles. The van der Waals surface area contributed by atoms with E-state index in [4.69, 9.17) is 10.5 Å². The molecule has 1 saturated heterocycles. The van der Waals surface area contributed by atoms with Gasteiger partial charge in [0.05, 0.1) is 12.6 Å². The molecule has 1 amide bonds. The van der Waals surface area contributed by atoms with Gasteiger partial charge < -0.3 is 15.4 Å². The third kappa shape index (κ3) is 4.58. The fourth-order valence-corrected chi connectivity index (χ4v) is 2.95. The molecule has 1 fully saturated rings. The maximum absolute atomic E-state index is 14.0. The standard InChI is InChI=1S/C19H20F2N2O2.ClH/c20-14-5-7-15(8-6-14)23(12-13-3-1-2-4-17(13)21)19(24)18-10-9-16(11-22)25-18;/h1-8,16,18H,9-12,22H2;1H/t16-,18+;/m1./s1. The molecule has 26 heavy (non-hydrogen) atoms. The molecule has 4 nitrogen and oxygen atoms in total. The second-order valence-electron chi connectivity index (χ2n) is 6.05. The van der Waals surface area contributed by atoms with Crippen molar-refractivity contribution in [1.82, 2.24) is 0 Å². The molecule has 1 heterocycles. The summed E-state index contributed by atoms with van der Waals surface area (Å²) in [4.78, 5) is 14.4. The van der Waals surface area contributed by atoms with Crippen LogP contribution < -0.4 is 10.6 Å². The van der Waals surface area contributed by atoms with Crippen LogP contribution in [0.3, 0.4) is 0 Å². The van der Waals surface area contributed by atoms with Crippen molar-refractivity contribution < 1.29 is 18.3 Å². The Morgan fingerprint density at radius 1 is 1.12 bits per heavy atom.